The number of hydrogen-bond donors (Lipinski definition) is 2. The summed E-state index contributed by atoms with van der Waals surface area (Å²) in [5.41, 5.74) is 3.31. The first-order chi connectivity index (χ1) is 19.4. The molecule has 11 heteroatoms. The molecule has 1 atom stereocenters. The summed E-state index contributed by atoms with van der Waals surface area (Å²) >= 11 is 5.99. The van der Waals surface area contributed by atoms with E-state index in [9.17, 15) is 4.79 Å². The van der Waals surface area contributed by atoms with Crippen LogP contribution < -0.4 is 29.6 Å². The van der Waals surface area contributed by atoms with Gasteiger partial charge >= 0.3 is 0 Å². The van der Waals surface area contributed by atoms with Gasteiger partial charge in [-0.3, -0.25) is 4.79 Å². The minimum absolute atomic E-state index is 0.332. The number of methoxy groups -OCH3 is 3. The van der Waals surface area contributed by atoms with Gasteiger partial charge in [0.1, 0.15) is 30.5 Å². The fourth-order valence-electron chi connectivity index (χ4n) is 4.50. The third-order valence-corrected chi connectivity index (χ3v) is 6.76. The number of rotatable bonds is 9. The molecule has 0 radical (unpaired) electrons. The lowest BCUT2D eigenvalue weighted by atomic mass is 9.94. The molecule has 5 rings (SSSR count). The third kappa shape index (κ3) is 5.39. The Balaban J connectivity index is 1.47. The Hall–Kier alpha value is -4.70. The minimum Gasteiger partial charge on any atom is -0.497 e. The van der Waals surface area contributed by atoms with Crippen LogP contribution in [0.4, 0.5) is 11.6 Å². The lowest BCUT2D eigenvalue weighted by Gasteiger charge is -2.29. The second-order valence-corrected chi connectivity index (χ2v) is 9.38. The first kappa shape index (κ1) is 26.9. The van der Waals surface area contributed by atoms with Gasteiger partial charge in [0.25, 0.3) is 5.91 Å². The number of halogens is 1. The van der Waals surface area contributed by atoms with E-state index >= 15 is 0 Å². The van der Waals surface area contributed by atoms with Crippen molar-refractivity contribution in [2.24, 2.45) is 0 Å². The molecule has 1 aliphatic rings. The van der Waals surface area contributed by atoms with Gasteiger partial charge in [-0.05, 0) is 54.4 Å². The van der Waals surface area contributed by atoms with Crippen molar-refractivity contribution in [1.82, 2.24) is 14.8 Å². The maximum Gasteiger partial charge on any atom is 0.255 e. The molecule has 3 aromatic carbocycles. The molecule has 206 valence electrons. The number of nitrogens with one attached hydrogen (secondary N) is 2. The fraction of sp³-hybridized carbons (Fsp3) is 0.207. The van der Waals surface area contributed by atoms with Crippen LogP contribution in [0.3, 0.4) is 0 Å². The molecule has 10 nitrogen and oxygen atoms in total. The number of allylic oxidation sites excluding steroid dienone is 1. The van der Waals surface area contributed by atoms with E-state index in [4.69, 9.17) is 30.5 Å². The van der Waals surface area contributed by atoms with Gasteiger partial charge < -0.3 is 29.6 Å². The van der Waals surface area contributed by atoms with Gasteiger partial charge in [-0.2, -0.15) is 10.1 Å². The predicted octanol–water partition coefficient (Wildman–Crippen LogP) is 5.46. The van der Waals surface area contributed by atoms with Crippen molar-refractivity contribution in [3.63, 3.8) is 0 Å². The zero-order valence-electron chi connectivity index (χ0n) is 22.4. The summed E-state index contributed by atoms with van der Waals surface area (Å²) in [6.07, 6.45) is 1.44. The Morgan fingerprint density at radius 2 is 1.75 bits per heavy atom. The Bertz CT molecular complexity index is 1570. The average molecular weight is 562 g/mol. The van der Waals surface area contributed by atoms with E-state index in [1.807, 2.05) is 49.4 Å². The van der Waals surface area contributed by atoms with Crippen molar-refractivity contribution in [1.29, 1.82) is 0 Å². The molecule has 1 amide bonds. The third-order valence-electron chi connectivity index (χ3n) is 6.51. The molecule has 2 N–H and O–H groups in total. The highest BCUT2D eigenvalue weighted by Gasteiger charge is 2.34. The summed E-state index contributed by atoms with van der Waals surface area (Å²) in [6.45, 7) is 2.16. The lowest BCUT2D eigenvalue weighted by molar-refractivity contribution is -0.113. The van der Waals surface area contributed by atoms with E-state index in [2.05, 4.69) is 20.7 Å². The molecule has 0 saturated carbocycles. The second-order valence-electron chi connectivity index (χ2n) is 8.94. The number of benzene rings is 3. The zero-order chi connectivity index (χ0) is 28.2. The van der Waals surface area contributed by atoms with Crippen LogP contribution in [0.2, 0.25) is 5.02 Å². The molecule has 4 aromatic rings. The van der Waals surface area contributed by atoms with Crippen molar-refractivity contribution < 1.29 is 23.7 Å². The van der Waals surface area contributed by atoms with E-state index in [-0.39, 0.29) is 5.91 Å². The van der Waals surface area contributed by atoms with E-state index in [1.54, 1.807) is 37.1 Å². The highest BCUT2D eigenvalue weighted by Crippen LogP contribution is 2.39. The molecule has 0 spiro atoms. The monoisotopic (exact) mass is 561 g/mol. The normalized spacial score (nSPS) is 14.2. The van der Waals surface area contributed by atoms with Crippen LogP contribution in [-0.2, 0) is 11.4 Å². The number of ether oxygens (including phenoxy) is 4. The quantitative estimate of drug-likeness (QED) is 0.277. The van der Waals surface area contributed by atoms with Crippen molar-refractivity contribution in [2.45, 2.75) is 19.6 Å². The Kier molecular flexibility index (Phi) is 7.79. The first-order valence-electron chi connectivity index (χ1n) is 12.4. The van der Waals surface area contributed by atoms with Gasteiger partial charge in [-0.25, -0.2) is 4.68 Å². The second kappa shape index (κ2) is 11.6. The van der Waals surface area contributed by atoms with Crippen molar-refractivity contribution in [2.75, 3.05) is 32.0 Å². The predicted molar refractivity (Wildman–Crippen MR) is 151 cm³/mol. The highest BCUT2D eigenvalue weighted by atomic mass is 35.5. The number of fused-ring (bicyclic) bond motifs is 1. The van der Waals surface area contributed by atoms with Crippen LogP contribution in [0, 0.1) is 0 Å². The lowest BCUT2D eigenvalue weighted by Crippen LogP contribution is -2.31. The van der Waals surface area contributed by atoms with E-state index in [0.717, 1.165) is 11.1 Å². The number of carbonyl (C=O) groups is 1. The number of anilines is 2. The van der Waals surface area contributed by atoms with Crippen LogP contribution in [-0.4, -0.2) is 42.0 Å². The van der Waals surface area contributed by atoms with Gasteiger partial charge in [0.15, 0.2) is 11.5 Å². The smallest absolute Gasteiger partial charge is 0.255 e. The molecule has 1 aliphatic heterocycles. The van der Waals surface area contributed by atoms with Gasteiger partial charge in [0.05, 0.1) is 32.6 Å². The topological polar surface area (TPSA) is 109 Å². The van der Waals surface area contributed by atoms with Crippen LogP contribution in [0.1, 0.15) is 24.1 Å². The first-order valence-corrected chi connectivity index (χ1v) is 12.8. The summed E-state index contributed by atoms with van der Waals surface area (Å²) in [4.78, 5) is 18.1. The number of carbonyl (C=O) groups excluding carboxylic acids is 1. The highest BCUT2D eigenvalue weighted by molar-refractivity contribution is 6.30. The van der Waals surface area contributed by atoms with Crippen molar-refractivity contribution in [3.05, 3.63) is 94.4 Å². The summed E-state index contributed by atoms with van der Waals surface area (Å²) in [5.74, 6) is 2.34. The Labute approximate surface area is 236 Å². The molecule has 1 unspecified atom stereocenters. The largest absolute Gasteiger partial charge is 0.497 e. The average Bonchev–Trinajstić information content (AvgIpc) is 3.44. The van der Waals surface area contributed by atoms with E-state index < -0.39 is 6.04 Å². The van der Waals surface area contributed by atoms with Crippen LogP contribution in [0.25, 0.3) is 0 Å². The molecule has 1 aromatic heterocycles. The van der Waals surface area contributed by atoms with Gasteiger partial charge in [0.2, 0.25) is 5.95 Å². The molecule has 0 bridgehead atoms. The maximum absolute atomic E-state index is 13.8. The van der Waals surface area contributed by atoms with Gasteiger partial charge in [-0.1, -0.05) is 29.8 Å². The molecule has 0 aliphatic carbocycles. The maximum atomic E-state index is 13.8. The Morgan fingerprint density at radius 1 is 0.975 bits per heavy atom. The van der Waals surface area contributed by atoms with Crippen LogP contribution >= 0.6 is 11.6 Å². The van der Waals surface area contributed by atoms with Gasteiger partial charge in [0, 0.05) is 16.8 Å². The van der Waals surface area contributed by atoms with E-state index in [0.29, 0.717) is 57.5 Å². The standard InChI is InChI=1S/C29H28ClN5O5/c1-17-26(28(36)34-22-11-10-21(37-2)14-24(22)38-3)27(35-29(33-17)31-16-32-35)19-7-12-23(25(13-19)39-4)40-15-18-5-8-20(30)9-6-18/h5-14,16,27H,15H2,1-4H3,(H,34,36)(H,31,32,33). The fourth-order valence-corrected chi connectivity index (χ4v) is 4.63. The Morgan fingerprint density at radius 3 is 2.48 bits per heavy atom. The summed E-state index contributed by atoms with van der Waals surface area (Å²) in [5, 5.41) is 11.2. The summed E-state index contributed by atoms with van der Waals surface area (Å²) in [7, 11) is 4.67. The number of aromatic nitrogens is 3. The van der Waals surface area contributed by atoms with Crippen LogP contribution in [0.5, 0.6) is 23.0 Å². The number of amides is 1. The van der Waals surface area contributed by atoms with E-state index in [1.165, 1.54) is 13.4 Å². The summed E-state index contributed by atoms with van der Waals surface area (Å²) in [6, 6.07) is 17.6. The zero-order valence-corrected chi connectivity index (χ0v) is 23.2. The SMILES string of the molecule is COc1ccc(NC(=O)C2=C(C)Nc3ncnn3C2c2ccc(OCc3ccc(Cl)cc3)c(OC)c2)c(OC)c1. The molecule has 2 heterocycles. The number of nitrogens with zero attached hydrogens (tertiary/aromatic N) is 3. The van der Waals surface area contributed by atoms with Gasteiger partial charge in [-0.15, -0.1) is 0 Å². The number of hydrogen-bond acceptors (Lipinski definition) is 8. The van der Waals surface area contributed by atoms with Crippen molar-refractivity contribution in [3.8, 4) is 23.0 Å². The minimum atomic E-state index is -0.595. The summed E-state index contributed by atoms with van der Waals surface area (Å²) < 4.78 is 24.1. The van der Waals surface area contributed by atoms with Crippen LogP contribution in [0.15, 0.2) is 78.3 Å². The molecular weight excluding hydrogens is 534 g/mol. The molecule has 40 heavy (non-hydrogen) atoms. The molecule has 0 saturated heterocycles. The van der Waals surface area contributed by atoms with Crippen molar-refractivity contribution >= 4 is 29.1 Å². The molecule has 0 fully saturated rings. The molecular formula is C29H28ClN5O5.